The van der Waals surface area contributed by atoms with Gasteiger partial charge in [-0.05, 0) is 47.1 Å². The maximum Gasteiger partial charge on any atom is 0.137 e. The van der Waals surface area contributed by atoms with Crippen molar-refractivity contribution in [2.45, 2.75) is 19.6 Å². The first-order valence-corrected chi connectivity index (χ1v) is 6.89. The third-order valence-corrected chi connectivity index (χ3v) is 3.77. The molecule has 0 bridgehead atoms. The standard InChI is InChI=1S/C15H14BrF2NO/c1-9(19)12-7-11(17)5-6-14(12)20-8-10-3-2-4-13(18)15(10)16/h2-7,9H,8,19H2,1H3/t9-/m1/s1. The lowest BCUT2D eigenvalue weighted by Gasteiger charge is -2.15. The fraction of sp³-hybridized carbons (Fsp3) is 0.200. The molecule has 0 aliphatic rings. The maximum atomic E-state index is 13.4. The van der Waals surface area contributed by atoms with Crippen molar-refractivity contribution in [2.24, 2.45) is 5.73 Å². The predicted molar refractivity (Wildman–Crippen MR) is 77.4 cm³/mol. The van der Waals surface area contributed by atoms with Crippen molar-refractivity contribution in [1.29, 1.82) is 0 Å². The van der Waals surface area contributed by atoms with Crippen LogP contribution >= 0.6 is 15.9 Å². The number of nitrogens with two attached hydrogens (primary N) is 1. The van der Waals surface area contributed by atoms with E-state index in [1.54, 1.807) is 19.1 Å². The summed E-state index contributed by atoms with van der Waals surface area (Å²) in [5, 5.41) is 0. The smallest absolute Gasteiger partial charge is 0.137 e. The van der Waals surface area contributed by atoms with Gasteiger partial charge >= 0.3 is 0 Å². The SMILES string of the molecule is C[C@@H](N)c1cc(F)ccc1OCc1cccc(F)c1Br. The topological polar surface area (TPSA) is 35.2 Å². The Kier molecular flexibility index (Phi) is 4.73. The Morgan fingerprint density at radius 3 is 2.70 bits per heavy atom. The van der Waals surface area contributed by atoms with E-state index >= 15 is 0 Å². The summed E-state index contributed by atoms with van der Waals surface area (Å²) >= 11 is 3.17. The van der Waals surface area contributed by atoms with Gasteiger partial charge in [0.05, 0.1) is 4.47 Å². The van der Waals surface area contributed by atoms with Crippen molar-refractivity contribution in [1.82, 2.24) is 0 Å². The van der Waals surface area contributed by atoms with E-state index in [0.717, 1.165) is 0 Å². The average Bonchev–Trinajstić information content (AvgIpc) is 2.41. The fourth-order valence-corrected chi connectivity index (χ4v) is 2.20. The molecule has 0 aliphatic carbocycles. The number of halogens is 3. The summed E-state index contributed by atoms with van der Waals surface area (Å²) in [6.45, 7) is 1.92. The van der Waals surface area contributed by atoms with Crippen LogP contribution in [0.3, 0.4) is 0 Å². The molecule has 2 nitrogen and oxygen atoms in total. The minimum atomic E-state index is -0.364. The second-order valence-corrected chi connectivity index (χ2v) is 5.27. The highest BCUT2D eigenvalue weighted by Crippen LogP contribution is 2.27. The highest BCUT2D eigenvalue weighted by molar-refractivity contribution is 9.10. The Hall–Kier alpha value is -1.46. The van der Waals surface area contributed by atoms with Crippen LogP contribution in [0.15, 0.2) is 40.9 Å². The molecule has 0 radical (unpaired) electrons. The number of benzene rings is 2. The zero-order chi connectivity index (χ0) is 14.7. The zero-order valence-corrected chi connectivity index (χ0v) is 12.5. The minimum absolute atomic E-state index is 0.170. The van der Waals surface area contributed by atoms with Crippen LogP contribution in [0, 0.1) is 11.6 Å². The Morgan fingerprint density at radius 2 is 2.00 bits per heavy atom. The number of hydrogen-bond donors (Lipinski definition) is 1. The number of ether oxygens (including phenoxy) is 1. The van der Waals surface area contributed by atoms with Gasteiger partial charge in [-0.2, -0.15) is 0 Å². The molecule has 0 aromatic heterocycles. The molecule has 0 amide bonds. The first-order chi connectivity index (χ1) is 9.49. The molecule has 0 saturated heterocycles. The van der Waals surface area contributed by atoms with Crippen LogP contribution in [0.4, 0.5) is 8.78 Å². The third kappa shape index (κ3) is 3.35. The lowest BCUT2D eigenvalue weighted by Crippen LogP contribution is -2.09. The quantitative estimate of drug-likeness (QED) is 0.898. The molecule has 20 heavy (non-hydrogen) atoms. The molecule has 2 N–H and O–H groups in total. The molecule has 5 heteroatoms. The van der Waals surface area contributed by atoms with E-state index in [9.17, 15) is 8.78 Å². The number of hydrogen-bond acceptors (Lipinski definition) is 2. The second-order valence-electron chi connectivity index (χ2n) is 4.47. The van der Waals surface area contributed by atoms with Crippen LogP contribution in [0.2, 0.25) is 0 Å². The molecule has 0 unspecified atom stereocenters. The summed E-state index contributed by atoms with van der Waals surface area (Å²) in [5.74, 6) is -0.216. The summed E-state index contributed by atoms with van der Waals surface area (Å²) < 4.78 is 32.6. The van der Waals surface area contributed by atoms with E-state index in [-0.39, 0.29) is 24.3 Å². The van der Waals surface area contributed by atoms with Gasteiger partial charge in [-0.3, -0.25) is 0 Å². The Labute approximate surface area is 124 Å². The molecule has 0 saturated carbocycles. The Bertz CT molecular complexity index is 617. The van der Waals surface area contributed by atoms with Crippen molar-refractivity contribution in [3.63, 3.8) is 0 Å². The molecule has 0 fully saturated rings. The third-order valence-electron chi connectivity index (χ3n) is 2.88. The lowest BCUT2D eigenvalue weighted by molar-refractivity contribution is 0.299. The van der Waals surface area contributed by atoms with E-state index in [1.165, 1.54) is 24.3 Å². The van der Waals surface area contributed by atoms with Gasteiger partial charge in [0.15, 0.2) is 0 Å². The van der Waals surface area contributed by atoms with E-state index < -0.39 is 0 Å². The molecule has 2 aromatic rings. The van der Waals surface area contributed by atoms with Crippen molar-refractivity contribution in [2.75, 3.05) is 0 Å². The molecule has 1 atom stereocenters. The zero-order valence-electron chi connectivity index (χ0n) is 10.9. The van der Waals surface area contributed by atoms with Crippen molar-refractivity contribution < 1.29 is 13.5 Å². The van der Waals surface area contributed by atoms with Crippen molar-refractivity contribution in [3.8, 4) is 5.75 Å². The van der Waals surface area contributed by atoms with Crippen LogP contribution < -0.4 is 10.5 Å². The highest BCUT2D eigenvalue weighted by atomic mass is 79.9. The van der Waals surface area contributed by atoms with Gasteiger partial charge in [-0.1, -0.05) is 12.1 Å². The summed E-state index contributed by atoms with van der Waals surface area (Å²) in [6, 6.07) is 8.55. The largest absolute Gasteiger partial charge is 0.489 e. The molecule has 106 valence electrons. The Balaban J connectivity index is 2.21. The van der Waals surface area contributed by atoms with Gasteiger partial charge in [-0.25, -0.2) is 8.78 Å². The monoisotopic (exact) mass is 341 g/mol. The predicted octanol–water partition coefficient (Wildman–Crippen LogP) is 4.33. The molecule has 0 heterocycles. The van der Waals surface area contributed by atoms with E-state index in [1.807, 2.05) is 0 Å². The van der Waals surface area contributed by atoms with Crippen LogP contribution in [-0.2, 0) is 6.61 Å². The van der Waals surface area contributed by atoms with Crippen LogP contribution in [0.5, 0.6) is 5.75 Å². The van der Waals surface area contributed by atoms with E-state index in [2.05, 4.69) is 15.9 Å². The van der Waals surface area contributed by atoms with Crippen molar-refractivity contribution >= 4 is 15.9 Å². The highest BCUT2D eigenvalue weighted by Gasteiger charge is 2.11. The van der Waals surface area contributed by atoms with Gasteiger partial charge in [-0.15, -0.1) is 0 Å². The molecule has 2 rings (SSSR count). The van der Waals surface area contributed by atoms with Crippen LogP contribution in [0.1, 0.15) is 24.1 Å². The molecule has 0 spiro atoms. The molecular formula is C15H14BrF2NO. The molecule has 0 aliphatic heterocycles. The normalized spacial score (nSPS) is 12.2. The lowest BCUT2D eigenvalue weighted by atomic mass is 10.1. The molecule has 2 aromatic carbocycles. The van der Waals surface area contributed by atoms with E-state index in [4.69, 9.17) is 10.5 Å². The summed E-state index contributed by atoms with van der Waals surface area (Å²) in [5.41, 5.74) is 7.04. The van der Waals surface area contributed by atoms with Gasteiger partial charge in [0.2, 0.25) is 0 Å². The van der Waals surface area contributed by atoms with Crippen molar-refractivity contribution in [3.05, 3.63) is 63.6 Å². The van der Waals surface area contributed by atoms with Crippen LogP contribution in [-0.4, -0.2) is 0 Å². The van der Waals surface area contributed by atoms with E-state index in [0.29, 0.717) is 21.3 Å². The summed E-state index contributed by atoms with van der Waals surface area (Å²) in [6.07, 6.45) is 0. The second kappa shape index (κ2) is 6.33. The fourth-order valence-electron chi connectivity index (χ4n) is 1.82. The van der Waals surface area contributed by atoms with Gasteiger partial charge < -0.3 is 10.5 Å². The molecular weight excluding hydrogens is 328 g/mol. The summed E-state index contributed by atoms with van der Waals surface area (Å²) in [7, 11) is 0. The van der Waals surface area contributed by atoms with Gasteiger partial charge in [0, 0.05) is 17.2 Å². The average molecular weight is 342 g/mol. The van der Waals surface area contributed by atoms with Gasteiger partial charge in [0.1, 0.15) is 24.0 Å². The maximum absolute atomic E-state index is 13.4. The summed E-state index contributed by atoms with van der Waals surface area (Å²) in [4.78, 5) is 0. The minimum Gasteiger partial charge on any atom is -0.489 e. The first kappa shape index (κ1) is 14.9. The first-order valence-electron chi connectivity index (χ1n) is 6.09. The number of rotatable bonds is 4. The van der Waals surface area contributed by atoms with Crippen LogP contribution in [0.25, 0.3) is 0 Å². The Morgan fingerprint density at radius 1 is 1.25 bits per heavy atom. The van der Waals surface area contributed by atoms with Gasteiger partial charge in [0.25, 0.3) is 0 Å².